The minimum Gasteiger partial charge on any atom is -0.271 e. The van der Waals surface area contributed by atoms with E-state index in [9.17, 15) is 13.2 Å². The first-order chi connectivity index (χ1) is 14.4. The van der Waals surface area contributed by atoms with E-state index in [1.165, 1.54) is 24.4 Å². The fourth-order valence-corrected chi connectivity index (χ4v) is 4.44. The highest BCUT2D eigenvalue weighted by Gasteiger charge is 2.28. The van der Waals surface area contributed by atoms with E-state index < -0.39 is 22.5 Å². The van der Waals surface area contributed by atoms with Gasteiger partial charge in [0.1, 0.15) is 6.54 Å². The van der Waals surface area contributed by atoms with Gasteiger partial charge in [0.15, 0.2) is 0 Å². The number of sulfonamides is 1. The highest BCUT2D eigenvalue weighted by molar-refractivity contribution is 7.92. The molecule has 3 rings (SSSR count). The van der Waals surface area contributed by atoms with Gasteiger partial charge in [0, 0.05) is 5.02 Å². The molecule has 0 aliphatic heterocycles. The fraction of sp³-hybridized carbons (Fsp3) is 0.0476. The number of amides is 1. The van der Waals surface area contributed by atoms with E-state index in [1.807, 2.05) is 0 Å². The van der Waals surface area contributed by atoms with E-state index >= 15 is 0 Å². The van der Waals surface area contributed by atoms with Gasteiger partial charge in [-0.1, -0.05) is 65.7 Å². The minimum atomic E-state index is -4.03. The molecule has 3 aromatic carbocycles. The quantitative estimate of drug-likeness (QED) is 0.419. The second kappa shape index (κ2) is 9.75. The molecular formula is C21H17Cl2N3O3S. The van der Waals surface area contributed by atoms with Crippen molar-refractivity contribution in [1.29, 1.82) is 0 Å². The Balaban J connectivity index is 1.83. The molecule has 154 valence electrons. The van der Waals surface area contributed by atoms with Crippen LogP contribution in [-0.4, -0.2) is 27.1 Å². The maximum Gasteiger partial charge on any atom is 0.264 e. The number of hydrogen-bond donors (Lipinski definition) is 1. The third-order valence-electron chi connectivity index (χ3n) is 4.01. The zero-order valence-electron chi connectivity index (χ0n) is 15.6. The average Bonchev–Trinajstić information content (AvgIpc) is 2.75. The number of carbonyl (C=O) groups excluding carboxylic acids is 1. The van der Waals surface area contributed by atoms with E-state index in [1.54, 1.807) is 60.7 Å². The summed E-state index contributed by atoms with van der Waals surface area (Å²) in [5.74, 6) is -0.625. The zero-order chi connectivity index (χ0) is 21.6. The van der Waals surface area contributed by atoms with Crippen LogP contribution in [0.5, 0.6) is 0 Å². The summed E-state index contributed by atoms with van der Waals surface area (Å²) in [6.07, 6.45) is 1.43. The molecule has 30 heavy (non-hydrogen) atoms. The maximum absolute atomic E-state index is 13.2. The smallest absolute Gasteiger partial charge is 0.264 e. The highest BCUT2D eigenvalue weighted by atomic mass is 35.5. The Morgan fingerprint density at radius 1 is 0.933 bits per heavy atom. The van der Waals surface area contributed by atoms with E-state index in [4.69, 9.17) is 23.2 Å². The minimum absolute atomic E-state index is 0.0439. The van der Waals surface area contributed by atoms with Crippen molar-refractivity contribution in [2.24, 2.45) is 5.10 Å². The number of anilines is 1. The molecule has 0 aliphatic carbocycles. The Labute approximate surface area is 184 Å². The van der Waals surface area contributed by atoms with Gasteiger partial charge in [-0.2, -0.15) is 5.10 Å². The second-order valence-corrected chi connectivity index (χ2v) is 8.83. The average molecular weight is 462 g/mol. The van der Waals surface area contributed by atoms with Gasteiger partial charge in [0.2, 0.25) is 0 Å². The number of carbonyl (C=O) groups is 1. The molecule has 0 aromatic heterocycles. The molecule has 0 atom stereocenters. The van der Waals surface area contributed by atoms with Gasteiger partial charge >= 0.3 is 0 Å². The molecule has 0 unspecified atom stereocenters. The third kappa shape index (κ3) is 5.38. The van der Waals surface area contributed by atoms with Crippen LogP contribution < -0.4 is 9.73 Å². The molecule has 0 fully saturated rings. The lowest BCUT2D eigenvalue weighted by Crippen LogP contribution is -2.39. The molecule has 0 aliphatic rings. The monoisotopic (exact) mass is 461 g/mol. The first-order valence-electron chi connectivity index (χ1n) is 8.78. The molecule has 6 nitrogen and oxygen atoms in total. The Morgan fingerprint density at radius 3 is 2.23 bits per heavy atom. The van der Waals surface area contributed by atoms with E-state index in [0.29, 0.717) is 5.02 Å². The summed E-state index contributed by atoms with van der Waals surface area (Å²) in [5.41, 5.74) is 3.25. The Hall–Kier alpha value is -2.87. The molecule has 3 aromatic rings. The SMILES string of the molecule is O=C(CN(c1ccccc1Cl)S(=O)(=O)c1ccccc1)N/N=C\c1ccc(Cl)cc1. The summed E-state index contributed by atoms with van der Waals surface area (Å²) in [6, 6.07) is 21.1. The van der Waals surface area contributed by atoms with E-state index in [-0.39, 0.29) is 15.6 Å². The maximum atomic E-state index is 13.2. The van der Waals surface area contributed by atoms with Gasteiger partial charge in [-0.3, -0.25) is 9.10 Å². The first-order valence-corrected chi connectivity index (χ1v) is 11.0. The molecule has 0 radical (unpaired) electrons. The molecule has 1 N–H and O–H groups in total. The summed E-state index contributed by atoms with van der Waals surface area (Å²) in [5, 5.41) is 4.66. The van der Waals surface area contributed by atoms with Crippen LogP contribution in [0.4, 0.5) is 5.69 Å². The predicted octanol–water partition coefficient (Wildman–Crippen LogP) is 4.34. The van der Waals surface area contributed by atoms with Crippen LogP contribution in [0.2, 0.25) is 10.0 Å². The van der Waals surface area contributed by atoms with Crippen LogP contribution in [-0.2, 0) is 14.8 Å². The van der Waals surface area contributed by atoms with Crippen LogP contribution in [0.15, 0.2) is 88.9 Å². The van der Waals surface area contributed by atoms with Gasteiger partial charge in [0.05, 0.1) is 21.8 Å². The van der Waals surface area contributed by atoms with Crippen LogP contribution in [0.25, 0.3) is 0 Å². The lowest BCUT2D eigenvalue weighted by atomic mass is 10.2. The fourth-order valence-electron chi connectivity index (χ4n) is 2.57. The Morgan fingerprint density at radius 2 is 1.57 bits per heavy atom. The van der Waals surface area contributed by atoms with Crippen molar-refractivity contribution in [3.63, 3.8) is 0 Å². The summed E-state index contributed by atoms with van der Waals surface area (Å²) < 4.78 is 27.3. The third-order valence-corrected chi connectivity index (χ3v) is 6.36. The number of hydrazone groups is 1. The van der Waals surface area contributed by atoms with Crippen LogP contribution in [0.3, 0.4) is 0 Å². The van der Waals surface area contributed by atoms with Crippen LogP contribution in [0, 0.1) is 0 Å². The summed E-state index contributed by atoms with van der Waals surface area (Å²) in [4.78, 5) is 12.5. The van der Waals surface area contributed by atoms with E-state index in [2.05, 4.69) is 10.5 Å². The Kier molecular flexibility index (Phi) is 7.10. The van der Waals surface area contributed by atoms with Gasteiger partial charge in [-0.25, -0.2) is 13.8 Å². The Bertz CT molecular complexity index is 1150. The van der Waals surface area contributed by atoms with Crippen molar-refractivity contribution in [3.8, 4) is 0 Å². The lowest BCUT2D eigenvalue weighted by Gasteiger charge is -2.24. The molecule has 0 saturated carbocycles. The normalized spacial score (nSPS) is 11.4. The van der Waals surface area contributed by atoms with Crippen molar-refractivity contribution in [3.05, 3.63) is 94.5 Å². The summed E-state index contributed by atoms with van der Waals surface area (Å²) >= 11 is 12.0. The van der Waals surface area contributed by atoms with E-state index in [0.717, 1.165) is 9.87 Å². The molecule has 1 amide bonds. The molecule has 0 bridgehead atoms. The lowest BCUT2D eigenvalue weighted by molar-refractivity contribution is -0.119. The number of benzene rings is 3. The second-order valence-electron chi connectivity index (χ2n) is 6.12. The topological polar surface area (TPSA) is 78.8 Å². The highest BCUT2D eigenvalue weighted by Crippen LogP contribution is 2.30. The van der Waals surface area contributed by atoms with Crippen molar-refractivity contribution in [2.45, 2.75) is 4.90 Å². The zero-order valence-corrected chi connectivity index (χ0v) is 17.9. The van der Waals surface area contributed by atoms with Crippen molar-refractivity contribution >= 4 is 51.0 Å². The van der Waals surface area contributed by atoms with Gasteiger partial charge in [0.25, 0.3) is 15.9 Å². The number of halogens is 2. The number of nitrogens with one attached hydrogen (secondary N) is 1. The van der Waals surface area contributed by atoms with Crippen molar-refractivity contribution in [1.82, 2.24) is 5.43 Å². The molecule has 0 spiro atoms. The first kappa shape index (κ1) is 21.8. The van der Waals surface area contributed by atoms with Crippen LogP contribution >= 0.6 is 23.2 Å². The molecular weight excluding hydrogens is 445 g/mol. The number of para-hydroxylation sites is 1. The largest absolute Gasteiger partial charge is 0.271 e. The van der Waals surface area contributed by atoms with Crippen molar-refractivity contribution < 1.29 is 13.2 Å². The number of rotatable bonds is 7. The predicted molar refractivity (Wildman–Crippen MR) is 120 cm³/mol. The molecule has 0 heterocycles. The number of hydrogen-bond acceptors (Lipinski definition) is 4. The summed E-state index contributed by atoms with van der Waals surface area (Å²) in [7, 11) is -4.03. The summed E-state index contributed by atoms with van der Waals surface area (Å²) in [6.45, 7) is -0.501. The van der Waals surface area contributed by atoms with Gasteiger partial charge in [-0.15, -0.1) is 0 Å². The van der Waals surface area contributed by atoms with Gasteiger partial charge < -0.3 is 0 Å². The standard InChI is InChI=1S/C21H17Cl2N3O3S/c22-17-12-10-16(11-13-17)14-24-25-21(27)15-26(20-9-5-4-8-19(20)23)30(28,29)18-6-2-1-3-7-18/h1-14H,15H2,(H,25,27)/b24-14-. The molecule has 9 heteroatoms. The molecule has 0 saturated heterocycles. The van der Waals surface area contributed by atoms with Gasteiger partial charge in [-0.05, 0) is 42.0 Å². The number of nitrogens with zero attached hydrogens (tertiary/aromatic N) is 2. The van der Waals surface area contributed by atoms with Crippen LogP contribution in [0.1, 0.15) is 5.56 Å². The van der Waals surface area contributed by atoms with Crippen molar-refractivity contribution in [2.75, 3.05) is 10.8 Å².